The zero-order valence-corrected chi connectivity index (χ0v) is 22.8. The molecule has 0 unspecified atom stereocenters. The van der Waals surface area contributed by atoms with Gasteiger partial charge in [-0.05, 0) is 81.2 Å². The SMILES string of the molecule is CCCN(CCC)S(=O)(=O)c1ccc2c(c1)c(/C=N/NC(=S)Nc1cc(C)ccc1C)cn2CC. The zero-order chi connectivity index (χ0) is 25.6. The molecule has 0 fully saturated rings. The third kappa shape index (κ3) is 6.28. The second-order valence-corrected chi connectivity index (χ2v) is 10.9. The molecule has 7 nitrogen and oxygen atoms in total. The number of nitrogens with zero attached hydrogens (tertiary/aromatic N) is 3. The fraction of sp³-hybridized carbons (Fsp3) is 0.385. The van der Waals surface area contributed by atoms with E-state index in [0.717, 1.165) is 52.7 Å². The Bertz CT molecular complexity index is 1320. The monoisotopic (exact) mass is 513 g/mol. The Hall–Kier alpha value is -2.75. The first-order valence-corrected chi connectivity index (χ1v) is 13.9. The van der Waals surface area contributed by atoms with E-state index in [4.69, 9.17) is 12.2 Å². The number of benzene rings is 2. The van der Waals surface area contributed by atoms with Crippen LogP contribution >= 0.6 is 12.2 Å². The summed E-state index contributed by atoms with van der Waals surface area (Å²) in [4.78, 5) is 0.301. The van der Waals surface area contributed by atoms with Crippen molar-refractivity contribution in [2.24, 2.45) is 5.10 Å². The van der Waals surface area contributed by atoms with Crippen molar-refractivity contribution in [3.63, 3.8) is 0 Å². The van der Waals surface area contributed by atoms with Crippen LogP contribution in [-0.4, -0.2) is 41.7 Å². The van der Waals surface area contributed by atoms with Crippen molar-refractivity contribution >= 4 is 50.2 Å². The van der Waals surface area contributed by atoms with Crippen molar-refractivity contribution < 1.29 is 8.42 Å². The number of hydrogen-bond donors (Lipinski definition) is 2. The van der Waals surface area contributed by atoms with E-state index >= 15 is 0 Å². The molecule has 2 aromatic carbocycles. The van der Waals surface area contributed by atoms with E-state index in [1.807, 2.05) is 52.1 Å². The lowest BCUT2D eigenvalue weighted by molar-refractivity contribution is 0.410. The van der Waals surface area contributed by atoms with E-state index in [-0.39, 0.29) is 0 Å². The fourth-order valence-electron chi connectivity index (χ4n) is 4.01. The lowest BCUT2D eigenvalue weighted by Crippen LogP contribution is -2.32. The number of fused-ring (bicyclic) bond motifs is 1. The van der Waals surface area contributed by atoms with Crippen molar-refractivity contribution in [1.82, 2.24) is 14.3 Å². The minimum atomic E-state index is -3.57. The third-order valence-corrected chi connectivity index (χ3v) is 7.91. The molecule has 3 aromatic rings. The molecule has 0 bridgehead atoms. The maximum atomic E-state index is 13.3. The van der Waals surface area contributed by atoms with Crippen LogP contribution in [0, 0.1) is 13.8 Å². The molecule has 3 rings (SSSR count). The Morgan fingerprint density at radius 1 is 1.09 bits per heavy atom. The summed E-state index contributed by atoms with van der Waals surface area (Å²) in [6.45, 7) is 11.8. The molecule has 0 spiro atoms. The summed E-state index contributed by atoms with van der Waals surface area (Å²) >= 11 is 5.40. The Morgan fingerprint density at radius 2 is 1.80 bits per heavy atom. The second-order valence-electron chi connectivity index (χ2n) is 8.60. The third-order valence-electron chi connectivity index (χ3n) is 5.82. The van der Waals surface area contributed by atoms with Crippen LogP contribution in [0.5, 0.6) is 0 Å². The zero-order valence-electron chi connectivity index (χ0n) is 21.1. The average Bonchev–Trinajstić information content (AvgIpc) is 3.18. The van der Waals surface area contributed by atoms with Crippen molar-refractivity contribution in [3.05, 3.63) is 59.3 Å². The molecule has 188 valence electrons. The molecule has 0 saturated carbocycles. The Labute approximate surface area is 214 Å². The highest BCUT2D eigenvalue weighted by molar-refractivity contribution is 7.89. The number of aryl methyl sites for hydroxylation is 3. The van der Waals surface area contributed by atoms with Crippen LogP contribution in [0.3, 0.4) is 0 Å². The highest BCUT2D eigenvalue weighted by Crippen LogP contribution is 2.26. The number of hydrazone groups is 1. The van der Waals surface area contributed by atoms with E-state index in [9.17, 15) is 8.42 Å². The molecule has 9 heteroatoms. The molecular weight excluding hydrogens is 478 g/mol. The van der Waals surface area contributed by atoms with Gasteiger partial charge in [0.25, 0.3) is 0 Å². The van der Waals surface area contributed by atoms with Gasteiger partial charge in [0.1, 0.15) is 0 Å². The van der Waals surface area contributed by atoms with E-state index in [1.165, 1.54) is 0 Å². The van der Waals surface area contributed by atoms with Gasteiger partial charge in [0.2, 0.25) is 10.0 Å². The van der Waals surface area contributed by atoms with Gasteiger partial charge >= 0.3 is 0 Å². The maximum absolute atomic E-state index is 13.3. The highest BCUT2D eigenvalue weighted by Gasteiger charge is 2.24. The van der Waals surface area contributed by atoms with Crippen molar-refractivity contribution in [1.29, 1.82) is 0 Å². The molecule has 0 atom stereocenters. The standard InChI is InChI=1S/C26H35N5O2S2/c1-6-13-31(14-7-2)35(32,33)22-11-12-25-23(16-22)21(18-30(25)8-3)17-27-29-26(34)28-24-15-19(4)9-10-20(24)5/h9-12,15-18H,6-8,13-14H2,1-5H3,(H2,28,29,34)/b27-17+. The van der Waals surface area contributed by atoms with Gasteiger partial charge < -0.3 is 9.88 Å². The number of hydrogen-bond acceptors (Lipinski definition) is 4. The number of rotatable bonds is 10. The van der Waals surface area contributed by atoms with Crippen molar-refractivity contribution in [2.45, 2.75) is 58.9 Å². The Kier molecular flexibility index (Phi) is 9.04. The molecule has 0 aliphatic rings. The van der Waals surface area contributed by atoms with Crippen LogP contribution in [0.1, 0.15) is 50.3 Å². The van der Waals surface area contributed by atoms with Gasteiger partial charge in [-0.2, -0.15) is 9.41 Å². The first-order chi connectivity index (χ1) is 16.7. The van der Waals surface area contributed by atoms with Gasteiger partial charge in [0, 0.05) is 48.0 Å². The fourth-order valence-corrected chi connectivity index (χ4v) is 5.82. The van der Waals surface area contributed by atoms with Crippen LogP contribution in [-0.2, 0) is 16.6 Å². The number of aromatic nitrogens is 1. The van der Waals surface area contributed by atoms with Crippen LogP contribution in [0.25, 0.3) is 10.9 Å². The molecule has 0 aliphatic carbocycles. The predicted molar refractivity (Wildman–Crippen MR) is 150 cm³/mol. The number of anilines is 1. The van der Waals surface area contributed by atoms with Crippen molar-refractivity contribution in [2.75, 3.05) is 18.4 Å². The predicted octanol–water partition coefficient (Wildman–Crippen LogP) is 5.41. The second kappa shape index (κ2) is 11.8. The van der Waals surface area contributed by atoms with Gasteiger partial charge in [-0.15, -0.1) is 0 Å². The Balaban J connectivity index is 1.87. The number of thiocarbonyl (C=S) groups is 1. The maximum Gasteiger partial charge on any atom is 0.243 e. The average molecular weight is 514 g/mol. The van der Waals surface area contributed by atoms with Gasteiger partial charge in [-0.1, -0.05) is 26.0 Å². The van der Waals surface area contributed by atoms with Gasteiger partial charge in [-0.3, -0.25) is 5.43 Å². The van der Waals surface area contributed by atoms with E-state index < -0.39 is 10.0 Å². The minimum Gasteiger partial charge on any atom is -0.347 e. The summed E-state index contributed by atoms with van der Waals surface area (Å²) in [7, 11) is -3.57. The summed E-state index contributed by atoms with van der Waals surface area (Å²) in [5.41, 5.74) is 7.80. The highest BCUT2D eigenvalue weighted by atomic mass is 32.2. The van der Waals surface area contributed by atoms with Gasteiger partial charge in [-0.25, -0.2) is 8.42 Å². The topological polar surface area (TPSA) is 78.7 Å². The first-order valence-electron chi connectivity index (χ1n) is 12.0. The summed E-state index contributed by atoms with van der Waals surface area (Å²) in [6, 6.07) is 11.4. The largest absolute Gasteiger partial charge is 0.347 e. The summed E-state index contributed by atoms with van der Waals surface area (Å²) in [5, 5.41) is 8.71. The molecule has 1 heterocycles. The smallest absolute Gasteiger partial charge is 0.243 e. The van der Waals surface area contributed by atoms with Crippen molar-refractivity contribution in [3.8, 4) is 0 Å². The minimum absolute atomic E-state index is 0.301. The summed E-state index contributed by atoms with van der Waals surface area (Å²) in [6.07, 6.45) is 5.20. The molecule has 35 heavy (non-hydrogen) atoms. The summed E-state index contributed by atoms with van der Waals surface area (Å²) < 4.78 is 30.3. The summed E-state index contributed by atoms with van der Waals surface area (Å²) in [5.74, 6) is 0. The van der Waals surface area contributed by atoms with E-state index in [2.05, 4.69) is 33.4 Å². The molecule has 0 radical (unpaired) electrons. The van der Waals surface area contributed by atoms with E-state index in [1.54, 1.807) is 22.7 Å². The number of nitrogens with one attached hydrogen (secondary N) is 2. The molecule has 0 amide bonds. The van der Waals surface area contributed by atoms with Gasteiger partial charge in [0.15, 0.2) is 5.11 Å². The van der Waals surface area contributed by atoms with Crippen LogP contribution in [0.4, 0.5) is 5.69 Å². The Morgan fingerprint density at radius 3 is 2.46 bits per heavy atom. The molecule has 0 saturated heterocycles. The molecule has 2 N–H and O–H groups in total. The quantitative estimate of drug-likeness (QED) is 0.215. The van der Waals surface area contributed by atoms with Crippen LogP contribution < -0.4 is 10.7 Å². The molecular formula is C26H35N5O2S2. The first kappa shape index (κ1) is 26.8. The molecule has 0 aliphatic heterocycles. The molecule has 1 aromatic heterocycles. The lowest BCUT2D eigenvalue weighted by atomic mass is 10.1. The normalized spacial score (nSPS) is 12.1. The number of sulfonamides is 1. The van der Waals surface area contributed by atoms with Crippen LogP contribution in [0.2, 0.25) is 0 Å². The lowest BCUT2D eigenvalue weighted by Gasteiger charge is -2.21. The van der Waals surface area contributed by atoms with E-state index in [0.29, 0.717) is 23.1 Å². The van der Waals surface area contributed by atoms with Gasteiger partial charge in [0.05, 0.1) is 11.1 Å². The van der Waals surface area contributed by atoms with Crippen LogP contribution in [0.15, 0.2) is 52.6 Å².